The highest BCUT2D eigenvalue weighted by Crippen LogP contribution is 2.18. The van der Waals surface area contributed by atoms with Gasteiger partial charge in [0.05, 0.1) is 6.42 Å². The molecule has 0 amide bonds. The number of carbonyl (C=O) groups is 2. The maximum Gasteiger partial charge on any atom is 0.306 e. The van der Waals surface area contributed by atoms with Gasteiger partial charge in [0.15, 0.2) is 0 Å². The molecule has 1 saturated heterocycles. The minimum atomic E-state index is -0.780. The van der Waals surface area contributed by atoms with Gasteiger partial charge in [-0.2, -0.15) is 11.8 Å². The van der Waals surface area contributed by atoms with Crippen LogP contribution in [0.4, 0.5) is 0 Å². The van der Waals surface area contributed by atoms with Crippen LogP contribution in [0, 0.1) is 0 Å². The Bertz CT molecular complexity index is 217. The molecule has 0 spiro atoms. The van der Waals surface area contributed by atoms with Crippen LogP contribution in [0.5, 0.6) is 0 Å². The second-order valence-electron chi connectivity index (χ2n) is 3.22. The second-order valence-corrected chi connectivity index (χ2v) is 4.37. The zero-order chi connectivity index (χ0) is 10.4. The van der Waals surface area contributed by atoms with Crippen LogP contribution < -0.4 is 0 Å². The molecule has 1 aliphatic rings. The molecular weight excluding hydrogens is 204 g/mol. The standard InChI is InChI=1S/C9H14O4S/c10-8(11)4-5-14-6-7-2-1-3-9(12)13-7/h7H,1-6H2,(H,10,11). The summed E-state index contributed by atoms with van der Waals surface area (Å²) in [5.41, 5.74) is 0. The number of carbonyl (C=O) groups excluding carboxylic acids is 1. The first-order chi connectivity index (χ1) is 6.68. The molecule has 1 unspecified atom stereocenters. The third-order valence-electron chi connectivity index (χ3n) is 1.97. The molecule has 1 rings (SSSR count). The van der Waals surface area contributed by atoms with Crippen molar-refractivity contribution in [3.8, 4) is 0 Å². The van der Waals surface area contributed by atoms with Gasteiger partial charge in [-0.1, -0.05) is 0 Å². The summed E-state index contributed by atoms with van der Waals surface area (Å²) < 4.78 is 5.09. The summed E-state index contributed by atoms with van der Waals surface area (Å²) in [6.07, 6.45) is 2.49. The monoisotopic (exact) mass is 218 g/mol. The highest BCUT2D eigenvalue weighted by Gasteiger charge is 2.19. The molecule has 4 nitrogen and oxygen atoms in total. The number of carboxylic acid groups (broad SMARTS) is 1. The zero-order valence-electron chi connectivity index (χ0n) is 7.90. The Balaban J connectivity index is 2.06. The number of thioether (sulfide) groups is 1. The lowest BCUT2D eigenvalue weighted by Crippen LogP contribution is -2.25. The van der Waals surface area contributed by atoms with Gasteiger partial charge in [0.2, 0.25) is 0 Å². The van der Waals surface area contributed by atoms with Crippen molar-refractivity contribution < 1.29 is 19.4 Å². The van der Waals surface area contributed by atoms with E-state index < -0.39 is 5.97 Å². The molecule has 0 aromatic carbocycles. The molecule has 0 aromatic rings. The molecular formula is C9H14O4S. The predicted octanol–water partition coefficient (Wildman–Crippen LogP) is 1.29. The summed E-state index contributed by atoms with van der Waals surface area (Å²) in [6, 6.07) is 0. The number of ether oxygens (including phenoxy) is 1. The smallest absolute Gasteiger partial charge is 0.306 e. The Kier molecular flexibility index (Phi) is 4.79. The summed E-state index contributed by atoms with van der Waals surface area (Å²) in [5.74, 6) is 0.404. The highest BCUT2D eigenvalue weighted by atomic mass is 32.2. The van der Waals surface area contributed by atoms with E-state index in [1.807, 2.05) is 0 Å². The Morgan fingerprint density at radius 2 is 2.43 bits per heavy atom. The van der Waals surface area contributed by atoms with E-state index in [-0.39, 0.29) is 18.5 Å². The first-order valence-corrected chi connectivity index (χ1v) is 5.83. The average molecular weight is 218 g/mol. The van der Waals surface area contributed by atoms with Gasteiger partial charge in [-0.15, -0.1) is 0 Å². The van der Waals surface area contributed by atoms with Crippen molar-refractivity contribution in [1.82, 2.24) is 0 Å². The maximum absolute atomic E-state index is 10.9. The molecule has 0 saturated carbocycles. The van der Waals surface area contributed by atoms with E-state index in [2.05, 4.69) is 0 Å². The predicted molar refractivity (Wildman–Crippen MR) is 53.3 cm³/mol. The van der Waals surface area contributed by atoms with Gasteiger partial charge in [-0.3, -0.25) is 9.59 Å². The van der Waals surface area contributed by atoms with Crippen LogP contribution in [-0.2, 0) is 14.3 Å². The van der Waals surface area contributed by atoms with Crippen molar-refractivity contribution in [2.24, 2.45) is 0 Å². The van der Waals surface area contributed by atoms with E-state index in [4.69, 9.17) is 9.84 Å². The largest absolute Gasteiger partial charge is 0.481 e. The molecule has 14 heavy (non-hydrogen) atoms. The fourth-order valence-corrected chi connectivity index (χ4v) is 2.25. The van der Waals surface area contributed by atoms with Crippen molar-refractivity contribution in [2.75, 3.05) is 11.5 Å². The van der Waals surface area contributed by atoms with Crippen molar-refractivity contribution in [3.63, 3.8) is 0 Å². The SMILES string of the molecule is O=C(O)CCSCC1CCCC(=O)O1. The Morgan fingerprint density at radius 3 is 3.07 bits per heavy atom. The number of rotatable bonds is 5. The van der Waals surface area contributed by atoms with Gasteiger partial charge in [0.1, 0.15) is 6.10 Å². The van der Waals surface area contributed by atoms with E-state index in [1.54, 1.807) is 0 Å². The normalized spacial score (nSPS) is 21.7. The lowest BCUT2D eigenvalue weighted by Gasteiger charge is -2.21. The van der Waals surface area contributed by atoms with Gasteiger partial charge in [-0.05, 0) is 12.8 Å². The topological polar surface area (TPSA) is 63.6 Å². The minimum Gasteiger partial charge on any atom is -0.481 e. The lowest BCUT2D eigenvalue weighted by atomic mass is 10.1. The van der Waals surface area contributed by atoms with Crippen molar-refractivity contribution in [2.45, 2.75) is 31.8 Å². The quantitative estimate of drug-likeness (QED) is 0.556. The molecule has 1 aliphatic heterocycles. The first-order valence-electron chi connectivity index (χ1n) is 4.67. The number of carboxylic acids is 1. The molecule has 1 atom stereocenters. The lowest BCUT2D eigenvalue weighted by molar-refractivity contribution is -0.152. The van der Waals surface area contributed by atoms with Crippen LogP contribution in [0.1, 0.15) is 25.7 Å². The minimum absolute atomic E-state index is 0.00459. The van der Waals surface area contributed by atoms with Crippen molar-refractivity contribution >= 4 is 23.7 Å². The number of cyclic esters (lactones) is 1. The van der Waals surface area contributed by atoms with E-state index >= 15 is 0 Å². The van der Waals surface area contributed by atoms with Crippen molar-refractivity contribution in [3.05, 3.63) is 0 Å². The van der Waals surface area contributed by atoms with E-state index in [9.17, 15) is 9.59 Å². The zero-order valence-corrected chi connectivity index (χ0v) is 8.72. The molecule has 0 radical (unpaired) electrons. The number of hydrogen-bond donors (Lipinski definition) is 1. The fraction of sp³-hybridized carbons (Fsp3) is 0.778. The summed E-state index contributed by atoms with van der Waals surface area (Å²) in [6.45, 7) is 0. The highest BCUT2D eigenvalue weighted by molar-refractivity contribution is 7.99. The van der Waals surface area contributed by atoms with E-state index in [1.165, 1.54) is 11.8 Å². The molecule has 1 N–H and O–H groups in total. The summed E-state index contributed by atoms with van der Waals surface area (Å²) in [5, 5.41) is 8.39. The summed E-state index contributed by atoms with van der Waals surface area (Å²) >= 11 is 1.53. The van der Waals surface area contributed by atoms with Crippen LogP contribution in [0.25, 0.3) is 0 Å². The third-order valence-corrected chi connectivity index (χ3v) is 3.07. The molecule has 80 valence electrons. The summed E-state index contributed by atoms with van der Waals surface area (Å²) in [4.78, 5) is 21.1. The summed E-state index contributed by atoms with van der Waals surface area (Å²) in [7, 11) is 0. The Hall–Kier alpha value is -0.710. The second kappa shape index (κ2) is 5.90. The maximum atomic E-state index is 10.9. The number of hydrogen-bond acceptors (Lipinski definition) is 4. The third kappa shape index (κ3) is 4.50. The molecule has 1 fully saturated rings. The molecule has 0 aromatic heterocycles. The van der Waals surface area contributed by atoms with Gasteiger partial charge in [-0.25, -0.2) is 0 Å². The van der Waals surface area contributed by atoms with Gasteiger partial charge < -0.3 is 9.84 Å². The molecule has 0 aliphatic carbocycles. The number of aliphatic carboxylic acids is 1. The Morgan fingerprint density at radius 1 is 1.64 bits per heavy atom. The van der Waals surface area contributed by atoms with Crippen LogP contribution in [0.15, 0.2) is 0 Å². The molecule has 5 heteroatoms. The molecule has 1 heterocycles. The van der Waals surface area contributed by atoms with Crippen LogP contribution >= 0.6 is 11.8 Å². The first kappa shape index (κ1) is 11.4. The Labute approximate surface area is 87.0 Å². The molecule has 0 bridgehead atoms. The average Bonchev–Trinajstić information content (AvgIpc) is 2.12. The van der Waals surface area contributed by atoms with Crippen molar-refractivity contribution in [1.29, 1.82) is 0 Å². The van der Waals surface area contributed by atoms with Crippen LogP contribution in [0.2, 0.25) is 0 Å². The van der Waals surface area contributed by atoms with Crippen LogP contribution in [0.3, 0.4) is 0 Å². The van der Waals surface area contributed by atoms with E-state index in [0.717, 1.165) is 18.6 Å². The van der Waals surface area contributed by atoms with E-state index in [0.29, 0.717) is 12.2 Å². The number of esters is 1. The van der Waals surface area contributed by atoms with Gasteiger partial charge >= 0.3 is 11.9 Å². The van der Waals surface area contributed by atoms with Gasteiger partial charge in [0.25, 0.3) is 0 Å². The van der Waals surface area contributed by atoms with Crippen LogP contribution in [-0.4, -0.2) is 34.7 Å². The van der Waals surface area contributed by atoms with Gasteiger partial charge in [0, 0.05) is 17.9 Å². The fourth-order valence-electron chi connectivity index (χ4n) is 1.27.